The number of amides is 2. The molecule has 2 amide bonds. The highest BCUT2D eigenvalue weighted by atomic mass is 16.2. The van der Waals surface area contributed by atoms with Gasteiger partial charge in [0.15, 0.2) is 0 Å². The van der Waals surface area contributed by atoms with E-state index in [1.165, 1.54) is 11.1 Å². The van der Waals surface area contributed by atoms with Crippen molar-refractivity contribution < 1.29 is 9.59 Å². The van der Waals surface area contributed by atoms with E-state index in [2.05, 4.69) is 17.1 Å². The Bertz CT molecular complexity index is 578. The first-order valence-electron chi connectivity index (χ1n) is 6.44. The van der Waals surface area contributed by atoms with Crippen LogP contribution < -0.4 is 10.6 Å². The van der Waals surface area contributed by atoms with E-state index < -0.39 is 0 Å². The first-order chi connectivity index (χ1) is 9.16. The average molecular weight is 255 g/mol. The van der Waals surface area contributed by atoms with E-state index in [0.717, 1.165) is 6.42 Å². The lowest BCUT2D eigenvalue weighted by molar-refractivity contribution is -0.123. The molecule has 2 N–H and O–H groups in total. The molecule has 1 saturated heterocycles. The van der Waals surface area contributed by atoms with Crippen LogP contribution in [0.3, 0.4) is 0 Å². The first-order valence-corrected chi connectivity index (χ1v) is 6.44. The fourth-order valence-electron chi connectivity index (χ4n) is 3.69. The van der Waals surface area contributed by atoms with E-state index in [0.29, 0.717) is 11.5 Å². The monoisotopic (exact) mass is 255 g/mol. The Hall–Kier alpha value is -2.17. The summed E-state index contributed by atoms with van der Waals surface area (Å²) in [7, 11) is 0. The number of anilines is 2. The van der Waals surface area contributed by atoms with E-state index in [1.54, 1.807) is 12.1 Å². The summed E-state index contributed by atoms with van der Waals surface area (Å²) in [6.45, 7) is 0. The SMILES string of the molecule is Nc1ccc(N2C(=O)C3C4C=CC(C4)C3C2=O)cn1. The third-order valence-corrected chi connectivity index (χ3v) is 4.50. The lowest BCUT2D eigenvalue weighted by Gasteiger charge is -2.16. The Kier molecular flexibility index (Phi) is 1.94. The van der Waals surface area contributed by atoms with Crippen molar-refractivity contribution in [1.29, 1.82) is 0 Å². The van der Waals surface area contributed by atoms with Crippen LogP contribution in [0.5, 0.6) is 0 Å². The molecule has 1 saturated carbocycles. The van der Waals surface area contributed by atoms with Gasteiger partial charge in [0, 0.05) is 0 Å². The van der Waals surface area contributed by atoms with Crippen molar-refractivity contribution in [3.05, 3.63) is 30.5 Å². The van der Waals surface area contributed by atoms with Gasteiger partial charge in [-0.05, 0) is 30.4 Å². The number of hydrogen-bond donors (Lipinski definition) is 1. The molecule has 2 aliphatic carbocycles. The van der Waals surface area contributed by atoms with Crippen molar-refractivity contribution in [1.82, 2.24) is 4.98 Å². The minimum absolute atomic E-state index is 0.0848. The van der Waals surface area contributed by atoms with Gasteiger partial charge in [-0.3, -0.25) is 9.59 Å². The standard InChI is InChI=1S/C14H13N3O2/c15-10-4-3-9(6-16-10)17-13(18)11-7-1-2-8(5-7)12(11)14(17)19/h1-4,6-8,11-12H,5H2,(H2,15,16). The fourth-order valence-corrected chi connectivity index (χ4v) is 3.69. The van der Waals surface area contributed by atoms with Gasteiger partial charge in [-0.15, -0.1) is 0 Å². The minimum atomic E-state index is -0.167. The summed E-state index contributed by atoms with van der Waals surface area (Å²) in [6, 6.07) is 3.28. The van der Waals surface area contributed by atoms with Gasteiger partial charge < -0.3 is 5.73 Å². The number of fused-ring (bicyclic) bond motifs is 5. The molecule has 0 aromatic carbocycles. The van der Waals surface area contributed by atoms with E-state index in [-0.39, 0.29) is 35.5 Å². The molecule has 2 heterocycles. The highest BCUT2D eigenvalue weighted by Crippen LogP contribution is 2.53. The van der Waals surface area contributed by atoms with Crippen LogP contribution in [0, 0.1) is 23.7 Å². The summed E-state index contributed by atoms with van der Waals surface area (Å²) in [4.78, 5) is 30.2. The average Bonchev–Trinajstić information content (AvgIpc) is 3.06. The maximum absolute atomic E-state index is 12.5. The highest BCUT2D eigenvalue weighted by Gasteiger charge is 2.59. The van der Waals surface area contributed by atoms with Crippen LogP contribution in [0.15, 0.2) is 30.5 Å². The third-order valence-electron chi connectivity index (χ3n) is 4.50. The van der Waals surface area contributed by atoms with E-state index >= 15 is 0 Å². The molecule has 4 unspecified atom stereocenters. The zero-order chi connectivity index (χ0) is 13.1. The molecular formula is C14H13N3O2. The minimum Gasteiger partial charge on any atom is -0.384 e. The molecule has 3 aliphatic rings. The topological polar surface area (TPSA) is 76.3 Å². The quantitative estimate of drug-likeness (QED) is 0.599. The van der Waals surface area contributed by atoms with Crippen LogP contribution in [0.1, 0.15) is 6.42 Å². The smallest absolute Gasteiger partial charge is 0.238 e. The van der Waals surface area contributed by atoms with Crippen molar-refractivity contribution in [2.45, 2.75) is 6.42 Å². The molecule has 5 heteroatoms. The van der Waals surface area contributed by atoms with Crippen molar-refractivity contribution in [3.8, 4) is 0 Å². The molecule has 2 bridgehead atoms. The lowest BCUT2D eigenvalue weighted by Crippen LogP contribution is -2.32. The Morgan fingerprint density at radius 2 is 1.74 bits per heavy atom. The van der Waals surface area contributed by atoms with Gasteiger partial charge in [0.05, 0.1) is 23.7 Å². The lowest BCUT2D eigenvalue weighted by atomic mass is 9.85. The molecule has 4 rings (SSSR count). The Morgan fingerprint density at radius 1 is 1.11 bits per heavy atom. The highest BCUT2D eigenvalue weighted by molar-refractivity contribution is 6.22. The van der Waals surface area contributed by atoms with Crippen LogP contribution in [0.2, 0.25) is 0 Å². The molecule has 19 heavy (non-hydrogen) atoms. The number of carbonyl (C=O) groups is 2. The number of nitrogens with zero attached hydrogens (tertiary/aromatic N) is 2. The number of nitrogens with two attached hydrogens (primary N) is 1. The summed E-state index contributed by atoms with van der Waals surface area (Å²) in [6.07, 6.45) is 6.60. The number of allylic oxidation sites excluding steroid dienone is 2. The normalized spacial score (nSPS) is 35.3. The summed E-state index contributed by atoms with van der Waals surface area (Å²) < 4.78 is 0. The van der Waals surface area contributed by atoms with Crippen molar-refractivity contribution in [2.24, 2.45) is 23.7 Å². The van der Waals surface area contributed by atoms with Crippen LogP contribution in [0.4, 0.5) is 11.5 Å². The van der Waals surface area contributed by atoms with Crippen LogP contribution in [-0.4, -0.2) is 16.8 Å². The van der Waals surface area contributed by atoms with E-state index in [9.17, 15) is 9.59 Å². The predicted molar refractivity (Wildman–Crippen MR) is 68.9 cm³/mol. The maximum atomic E-state index is 12.5. The molecule has 4 atom stereocenters. The second kappa shape index (κ2) is 3.44. The third kappa shape index (κ3) is 1.27. The summed E-state index contributed by atoms with van der Waals surface area (Å²) in [5.41, 5.74) is 6.06. The van der Waals surface area contributed by atoms with Gasteiger partial charge in [-0.1, -0.05) is 12.2 Å². The number of imide groups is 1. The van der Waals surface area contributed by atoms with Crippen LogP contribution in [0.25, 0.3) is 0 Å². The first kappa shape index (κ1) is 10.7. The largest absolute Gasteiger partial charge is 0.384 e. The number of nitrogen functional groups attached to an aromatic ring is 1. The maximum Gasteiger partial charge on any atom is 0.238 e. The predicted octanol–water partition coefficient (Wildman–Crippen LogP) is 0.975. The number of carbonyl (C=O) groups excluding carboxylic acids is 2. The van der Waals surface area contributed by atoms with Crippen molar-refractivity contribution in [2.75, 3.05) is 10.6 Å². The summed E-state index contributed by atoms with van der Waals surface area (Å²) in [5.74, 6) is 0.345. The Morgan fingerprint density at radius 3 is 2.26 bits per heavy atom. The number of aromatic nitrogens is 1. The van der Waals surface area contributed by atoms with Gasteiger partial charge in [-0.2, -0.15) is 0 Å². The van der Waals surface area contributed by atoms with Gasteiger partial charge in [0.1, 0.15) is 5.82 Å². The number of pyridine rings is 1. The zero-order valence-electron chi connectivity index (χ0n) is 10.2. The second-order valence-corrected chi connectivity index (χ2v) is 5.45. The molecule has 1 aromatic rings. The molecule has 0 spiro atoms. The Labute approximate surface area is 110 Å². The van der Waals surface area contributed by atoms with Gasteiger partial charge >= 0.3 is 0 Å². The second-order valence-electron chi connectivity index (χ2n) is 5.45. The van der Waals surface area contributed by atoms with Crippen LogP contribution in [-0.2, 0) is 9.59 Å². The molecule has 5 nitrogen and oxygen atoms in total. The van der Waals surface area contributed by atoms with E-state index in [4.69, 9.17) is 5.73 Å². The molecule has 2 fully saturated rings. The summed E-state index contributed by atoms with van der Waals surface area (Å²) >= 11 is 0. The molecule has 1 aromatic heterocycles. The van der Waals surface area contributed by atoms with Crippen molar-refractivity contribution in [3.63, 3.8) is 0 Å². The molecule has 96 valence electrons. The fraction of sp³-hybridized carbons (Fsp3) is 0.357. The molecule has 1 aliphatic heterocycles. The van der Waals surface area contributed by atoms with Gasteiger partial charge in [0.25, 0.3) is 0 Å². The zero-order valence-corrected chi connectivity index (χ0v) is 10.2. The Balaban J connectivity index is 1.74. The summed E-state index contributed by atoms with van der Waals surface area (Å²) in [5, 5.41) is 0. The van der Waals surface area contributed by atoms with Crippen LogP contribution >= 0.6 is 0 Å². The molecular weight excluding hydrogens is 242 g/mol. The number of hydrogen-bond acceptors (Lipinski definition) is 4. The van der Waals surface area contributed by atoms with Gasteiger partial charge in [-0.25, -0.2) is 9.88 Å². The number of rotatable bonds is 1. The van der Waals surface area contributed by atoms with Gasteiger partial charge in [0.2, 0.25) is 11.8 Å². The molecule has 0 radical (unpaired) electrons. The van der Waals surface area contributed by atoms with Crippen molar-refractivity contribution >= 4 is 23.3 Å². The van der Waals surface area contributed by atoms with E-state index in [1.807, 2.05) is 0 Å².